The van der Waals surface area contributed by atoms with Crippen LogP contribution in [0, 0.1) is 0 Å². The molecule has 0 heterocycles. The van der Waals surface area contributed by atoms with E-state index in [1.54, 1.807) is 12.1 Å². The van der Waals surface area contributed by atoms with Gasteiger partial charge in [0, 0.05) is 12.2 Å². The summed E-state index contributed by atoms with van der Waals surface area (Å²) in [6.45, 7) is 0.844. The zero-order valence-corrected chi connectivity index (χ0v) is 12.9. The number of sulfonamides is 1. The maximum Gasteiger partial charge on any atom is 0.229 e. The number of benzene rings is 2. The molecule has 0 radical (unpaired) electrons. The molecule has 0 saturated carbocycles. The molecule has 0 aliphatic rings. The van der Waals surface area contributed by atoms with Crippen molar-refractivity contribution in [3.63, 3.8) is 0 Å². The molecule has 0 saturated heterocycles. The molecule has 0 atom stereocenters. The zero-order chi connectivity index (χ0) is 15.1. The third-order valence-electron chi connectivity index (χ3n) is 2.98. The standard InChI is InChI=1S/C16H20N2O2S/c1-21(19,20)18-16-11-5-10-15(13-16)17-12-6-9-14-7-3-2-4-8-14/h2-5,7-8,10-11,13,17-18H,6,9,12H2,1H3. The summed E-state index contributed by atoms with van der Waals surface area (Å²) in [5.74, 6) is 0. The van der Waals surface area contributed by atoms with Gasteiger partial charge in [0.05, 0.1) is 11.9 Å². The van der Waals surface area contributed by atoms with Gasteiger partial charge >= 0.3 is 0 Å². The Kier molecular flexibility index (Phi) is 5.22. The van der Waals surface area contributed by atoms with Gasteiger partial charge in [0.2, 0.25) is 10.0 Å². The molecule has 0 bridgehead atoms. The number of rotatable bonds is 7. The molecular weight excluding hydrogens is 284 g/mol. The van der Waals surface area contributed by atoms with Gasteiger partial charge in [-0.05, 0) is 36.6 Å². The maximum atomic E-state index is 11.2. The van der Waals surface area contributed by atoms with Gasteiger partial charge < -0.3 is 5.32 Å². The molecule has 112 valence electrons. The molecule has 0 fully saturated rings. The van der Waals surface area contributed by atoms with Gasteiger partial charge in [-0.15, -0.1) is 0 Å². The van der Waals surface area contributed by atoms with Crippen molar-refractivity contribution in [2.75, 3.05) is 22.8 Å². The van der Waals surface area contributed by atoms with Gasteiger partial charge in [-0.25, -0.2) is 8.42 Å². The average Bonchev–Trinajstić information content (AvgIpc) is 2.43. The van der Waals surface area contributed by atoms with Gasteiger partial charge in [0.15, 0.2) is 0 Å². The van der Waals surface area contributed by atoms with Crippen molar-refractivity contribution in [3.8, 4) is 0 Å². The number of aryl methyl sites for hydroxylation is 1. The van der Waals surface area contributed by atoms with E-state index in [9.17, 15) is 8.42 Å². The largest absolute Gasteiger partial charge is 0.385 e. The number of hydrogen-bond donors (Lipinski definition) is 2. The topological polar surface area (TPSA) is 58.2 Å². The van der Waals surface area contributed by atoms with Crippen LogP contribution in [0.3, 0.4) is 0 Å². The molecule has 4 nitrogen and oxygen atoms in total. The summed E-state index contributed by atoms with van der Waals surface area (Å²) in [6, 6.07) is 17.6. The van der Waals surface area contributed by atoms with Crippen molar-refractivity contribution in [1.29, 1.82) is 0 Å². The van der Waals surface area contributed by atoms with Gasteiger partial charge in [0.1, 0.15) is 0 Å². The second-order valence-corrected chi connectivity index (χ2v) is 6.72. The van der Waals surface area contributed by atoms with Gasteiger partial charge in [-0.3, -0.25) is 4.72 Å². The van der Waals surface area contributed by atoms with E-state index in [1.165, 1.54) is 5.56 Å². The lowest BCUT2D eigenvalue weighted by Gasteiger charge is -2.09. The first-order valence-corrected chi connectivity index (χ1v) is 8.78. The quantitative estimate of drug-likeness (QED) is 0.773. The lowest BCUT2D eigenvalue weighted by atomic mass is 10.1. The first-order valence-electron chi connectivity index (χ1n) is 6.88. The van der Waals surface area contributed by atoms with Crippen molar-refractivity contribution >= 4 is 21.4 Å². The molecule has 0 amide bonds. The second kappa shape index (κ2) is 7.13. The minimum atomic E-state index is -3.23. The summed E-state index contributed by atoms with van der Waals surface area (Å²) < 4.78 is 24.9. The van der Waals surface area contributed by atoms with Crippen LogP contribution in [-0.2, 0) is 16.4 Å². The maximum absolute atomic E-state index is 11.2. The molecule has 0 aliphatic carbocycles. The molecule has 0 spiro atoms. The van der Waals surface area contributed by atoms with Crippen molar-refractivity contribution in [3.05, 3.63) is 60.2 Å². The van der Waals surface area contributed by atoms with Crippen molar-refractivity contribution in [2.24, 2.45) is 0 Å². The molecule has 2 rings (SSSR count). The highest BCUT2D eigenvalue weighted by molar-refractivity contribution is 7.92. The highest BCUT2D eigenvalue weighted by atomic mass is 32.2. The average molecular weight is 304 g/mol. The Balaban J connectivity index is 1.82. The fourth-order valence-corrected chi connectivity index (χ4v) is 2.63. The van der Waals surface area contributed by atoms with Crippen molar-refractivity contribution in [2.45, 2.75) is 12.8 Å². The Bertz CT molecular complexity index is 670. The molecule has 0 unspecified atom stereocenters. The Morgan fingerprint density at radius 2 is 1.67 bits per heavy atom. The predicted octanol–water partition coefficient (Wildman–Crippen LogP) is 3.10. The third-order valence-corrected chi connectivity index (χ3v) is 3.59. The summed E-state index contributed by atoms with van der Waals surface area (Å²) in [5, 5.41) is 3.31. The van der Waals surface area contributed by atoms with Crippen LogP contribution in [0.1, 0.15) is 12.0 Å². The van der Waals surface area contributed by atoms with Crippen LogP contribution < -0.4 is 10.0 Å². The lowest BCUT2D eigenvalue weighted by molar-refractivity contribution is 0.607. The fourth-order valence-electron chi connectivity index (χ4n) is 2.08. The Hall–Kier alpha value is -2.01. The monoisotopic (exact) mass is 304 g/mol. The van der Waals surface area contributed by atoms with E-state index in [1.807, 2.05) is 30.3 Å². The lowest BCUT2D eigenvalue weighted by Crippen LogP contribution is -2.10. The molecule has 2 N–H and O–H groups in total. The summed E-state index contributed by atoms with van der Waals surface area (Å²) in [7, 11) is -3.23. The van der Waals surface area contributed by atoms with Crippen LogP contribution in [0.2, 0.25) is 0 Å². The van der Waals surface area contributed by atoms with Gasteiger partial charge in [-0.1, -0.05) is 36.4 Å². The number of anilines is 2. The molecule has 2 aromatic rings. The van der Waals surface area contributed by atoms with Gasteiger partial charge in [-0.2, -0.15) is 0 Å². The van der Waals surface area contributed by atoms with Crippen molar-refractivity contribution in [1.82, 2.24) is 0 Å². The Morgan fingerprint density at radius 3 is 2.38 bits per heavy atom. The van der Waals surface area contributed by atoms with Gasteiger partial charge in [0.25, 0.3) is 0 Å². The normalized spacial score (nSPS) is 11.1. The van der Waals surface area contributed by atoms with Crippen molar-refractivity contribution < 1.29 is 8.42 Å². The molecular formula is C16H20N2O2S. The summed E-state index contributed by atoms with van der Waals surface area (Å²) >= 11 is 0. The highest BCUT2D eigenvalue weighted by Crippen LogP contribution is 2.16. The fraction of sp³-hybridized carbons (Fsp3) is 0.250. The third kappa shape index (κ3) is 5.87. The van der Waals surface area contributed by atoms with Crippen LogP contribution >= 0.6 is 0 Å². The summed E-state index contributed by atoms with van der Waals surface area (Å²) in [4.78, 5) is 0. The van der Waals surface area contributed by atoms with Crippen LogP contribution in [0.5, 0.6) is 0 Å². The first-order chi connectivity index (χ1) is 10.0. The van der Waals surface area contributed by atoms with Crippen LogP contribution in [0.15, 0.2) is 54.6 Å². The van der Waals surface area contributed by atoms with Crippen LogP contribution in [-0.4, -0.2) is 21.2 Å². The van der Waals surface area contributed by atoms with E-state index in [0.29, 0.717) is 5.69 Å². The Labute approximate surface area is 126 Å². The minimum Gasteiger partial charge on any atom is -0.385 e. The van der Waals surface area contributed by atoms with E-state index < -0.39 is 10.0 Å². The SMILES string of the molecule is CS(=O)(=O)Nc1cccc(NCCCc2ccccc2)c1. The second-order valence-electron chi connectivity index (χ2n) is 4.97. The van der Waals surface area contributed by atoms with E-state index >= 15 is 0 Å². The molecule has 0 aromatic heterocycles. The number of hydrogen-bond acceptors (Lipinski definition) is 3. The molecule has 5 heteroatoms. The van der Waals surface area contributed by atoms with E-state index in [4.69, 9.17) is 0 Å². The molecule has 0 aliphatic heterocycles. The van der Waals surface area contributed by atoms with Crippen LogP contribution in [0.4, 0.5) is 11.4 Å². The highest BCUT2D eigenvalue weighted by Gasteiger charge is 2.02. The smallest absolute Gasteiger partial charge is 0.229 e. The molecule has 21 heavy (non-hydrogen) atoms. The summed E-state index contributed by atoms with van der Waals surface area (Å²) in [5.41, 5.74) is 2.81. The van der Waals surface area contributed by atoms with E-state index in [2.05, 4.69) is 22.2 Å². The van der Waals surface area contributed by atoms with E-state index in [0.717, 1.165) is 31.3 Å². The first kappa shape index (κ1) is 15.4. The van der Waals surface area contributed by atoms with Crippen LogP contribution in [0.25, 0.3) is 0 Å². The Morgan fingerprint density at radius 1 is 0.952 bits per heavy atom. The van der Waals surface area contributed by atoms with E-state index in [-0.39, 0.29) is 0 Å². The minimum absolute atomic E-state index is 0.575. The zero-order valence-electron chi connectivity index (χ0n) is 12.0. The number of nitrogens with one attached hydrogen (secondary N) is 2. The molecule has 2 aromatic carbocycles. The predicted molar refractivity (Wildman–Crippen MR) is 88.2 cm³/mol. The summed E-state index contributed by atoms with van der Waals surface area (Å²) in [6.07, 6.45) is 3.19.